The van der Waals surface area contributed by atoms with Crippen LogP contribution >= 0.6 is 0 Å². The van der Waals surface area contributed by atoms with E-state index in [1.165, 1.54) is 11.1 Å². The number of hydrogen-bond donors (Lipinski definition) is 0. The van der Waals surface area contributed by atoms with Gasteiger partial charge in [-0.05, 0) is 74.2 Å². The molecule has 6 heteroatoms. The molecule has 2 aliphatic rings. The Morgan fingerprint density at radius 3 is 1.56 bits per heavy atom. The highest BCUT2D eigenvalue weighted by Crippen LogP contribution is 2.45. The second-order valence-electron chi connectivity index (χ2n) is 10.1. The molecule has 0 radical (unpaired) electrons. The first-order valence-electron chi connectivity index (χ1n) is 10.0. The summed E-state index contributed by atoms with van der Waals surface area (Å²) >= 11 is 0. The summed E-state index contributed by atoms with van der Waals surface area (Å²) in [6, 6.07) is 8.60. The summed E-state index contributed by atoms with van der Waals surface area (Å²) in [5, 5.41) is 0. The van der Waals surface area contributed by atoms with Gasteiger partial charge in [-0.25, -0.2) is 0 Å². The van der Waals surface area contributed by atoms with Gasteiger partial charge in [0.15, 0.2) is 0 Å². The normalized spacial score (nSPS) is 26.4. The van der Waals surface area contributed by atoms with Gasteiger partial charge >= 0.3 is 14.2 Å². The van der Waals surface area contributed by atoms with Crippen molar-refractivity contribution in [1.82, 2.24) is 0 Å². The maximum absolute atomic E-state index is 6.39. The van der Waals surface area contributed by atoms with Crippen molar-refractivity contribution in [2.45, 2.75) is 96.9 Å². The standard InChI is InChI=1S/C21H34B2O4/c1-15-10-12-16(13-11-15)17(23-26-20(6,7)21(8,9)27-23)14-22-24-18(2,3)19(4,5)25-22/h10-13,17H,14H2,1-9H3. The molecule has 4 nitrogen and oxygen atoms in total. The molecule has 3 rings (SSSR count). The van der Waals surface area contributed by atoms with Crippen LogP contribution in [0.2, 0.25) is 6.32 Å². The predicted molar refractivity (Wildman–Crippen MR) is 111 cm³/mol. The minimum atomic E-state index is -0.365. The fourth-order valence-corrected chi connectivity index (χ4v) is 3.54. The largest absolute Gasteiger partial charge is 0.465 e. The van der Waals surface area contributed by atoms with Crippen molar-refractivity contribution in [1.29, 1.82) is 0 Å². The summed E-state index contributed by atoms with van der Waals surface area (Å²) in [6.07, 6.45) is 0.687. The van der Waals surface area contributed by atoms with Crippen molar-refractivity contribution in [2.75, 3.05) is 0 Å². The average Bonchev–Trinajstić information content (AvgIpc) is 2.85. The van der Waals surface area contributed by atoms with Gasteiger partial charge < -0.3 is 18.6 Å². The lowest BCUT2D eigenvalue weighted by Gasteiger charge is -2.32. The molecule has 27 heavy (non-hydrogen) atoms. The quantitative estimate of drug-likeness (QED) is 0.712. The van der Waals surface area contributed by atoms with Crippen molar-refractivity contribution in [2.24, 2.45) is 0 Å². The Bertz CT molecular complexity index is 650. The summed E-state index contributed by atoms with van der Waals surface area (Å²) in [6.45, 7) is 18.8. The molecule has 1 aromatic carbocycles. The van der Waals surface area contributed by atoms with Gasteiger partial charge in [0.05, 0.1) is 22.4 Å². The molecule has 0 N–H and O–H groups in total. The maximum Gasteiger partial charge on any atom is 0.465 e. The lowest BCUT2D eigenvalue weighted by molar-refractivity contribution is 0.00578. The lowest BCUT2D eigenvalue weighted by Crippen LogP contribution is -2.41. The second-order valence-corrected chi connectivity index (χ2v) is 10.1. The summed E-state index contributed by atoms with van der Waals surface area (Å²) in [4.78, 5) is 0. The van der Waals surface area contributed by atoms with Gasteiger partial charge in [0.1, 0.15) is 0 Å². The first-order valence-corrected chi connectivity index (χ1v) is 10.0. The van der Waals surface area contributed by atoms with Crippen LogP contribution in [0.3, 0.4) is 0 Å². The molecule has 2 heterocycles. The smallest absolute Gasteiger partial charge is 0.403 e. The Kier molecular flexibility index (Phi) is 5.13. The van der Waals surface area contributed by atoms with Gasteiger partial charge in [0.25, 0.3) is 0 Å². The zero-order valence-corrected chi connectivity index (χ0v) is 18.4. The first-order chi connectivity index (χ1) is 12.2. The highest BCUT2D eigenvalue weighted by molar-refractivity contribution is 6.53. The van der Waals surface area contributed by atoms with Crippen molar-refractivity contribution < 1.29 is 18.6 Å². The minimum Gasteiger partial charge on any atom is -0.403 e. The van der Waals surface area contributed by atoms with E-state index in [9.17, 15) is 0 Å². The molecule has 1 aromatic rings. The highest BCUT2D eigenvalue weighted by atomic mass is 16.7. The molecular formula is C21H34B2O4. The Labute approximate surface area is 165 Å². The average molecular weight is 372 g/mol. The first kappa shape index (κ1) is 20.9. The molecule has 0 amide bonds. The van der Waals surface area contributed by atoms with Crippen LogP contribution in [-0.2, 0) is 18.6 Å². The van der Waals surface area contributed by atoms with Crippen molar-refractivity contribution in [3.8, 4) is 0 Å². The Morgan fingerprint density at radius 2 is 1.11 bits per heavy atom. The number of aryl methyl sites for hydroxylation is 1. The van der Waals surface area contributed by atoms with E-state index < -0.39 is 0 Å². The van der Waals surface area contributed by atoms with E-state index in [1.807, 2.05) is 0 Å². The van der Waals surface area contributed by atoms with Gasteiger partial charge in [0.2, 0.25) is 0 Å². The highest BCUT2D eigenvalue weighted by Gasteiger charge is 2.57. The van der Waals surface area contributed by atoms with Crippen LogP contribution in [0.25, 0.3) is 0 Å². The van der Waals surface area contributed by atoms with E-state index in [0.717, 1.165) is 0 Å². The van der Waals surface area contributed by atoms with E-state index in [2.05, 4.69) is 86.6 Å². The number of rotatable bonds is 4. The Balaban J connectivity index is 1.87. The fourth-order valence-electron chi connectivity index (χ4n) is 3.54. The van der Waals surface area contributed by atoms with E-state index in [4.69, 9.17) is 18.6 Å². The van der Waals surface area contributed by atoms with Crippen molar-refractivity contribution >= 4 is 14.2 Å². The summed E-state index contributed by atoms with van der Waals surface area (Å²) in [5.74, 6) is 0.0290. The molecule has 0 spiro atoms. The topological polar surface area (TPSA) is 36.9 Å². The minimum absolute atomic E-state index is 0.0290. The molecular weight excluding hydrogens is 338 g/mol. The van der Waals surface area contributed by atoms with Crippen molar-refractivity contribution in [3.63, 3.8) is 0 Å². The molecule has 1 atom stereocenters. The van der Waals surface area contributed by atoms with Crippen LogP contribution < -0.4 is 0 Å². The van der Waals surface area contributed by atoms with Crippen LogP contribution in [0.1, 0.15) is 72.3 Å². The van der Waals surface area contributed by atoms with Gasteiger partial charge in [-0.1, -0.05) is 29.8 Å². The van der Waals surface area contributed by atoms with E-state index >= 15 is 0 Å². The van der Waals surface area contributed by atoms with Crippen LogP contribution in [0.4, 0.5) is 0 Å². The van der Waals surface area contributed by atoms with Gasteiger partial charge in [-0.3, -0.25) is 0 Å². The van der Waals surface area contributed by atoms with E-state index in [-0.39, 0.29) is 42.5 Å². The summed E-state index contributed by atoms with van der Waals surface area (Å²) in [5.41, 5.74) is 1.01. The van der Waals surface area contributed by atoms with Crippen molar-refractivity contribution in [3.05, 3.63) is 35.4 Å². The zero-order chi connectivity index (χ0) is 20.3. The molecule has 0 bridgehead atoms. The Morgan fingerprint density at radius 1 is 0.704 bits per heavy atom. The Hall–Kier alpha value is -0.810. The summed E-state index contributed by atoms with van der Waals surface area (Å²) in [7, 11) is -0.628. The van der Waals surface area contributed by atoms with Gasteiger partial charge in [0, 0.05) is 5.82 Å². The second kappa shape index (κ2) is 6.62. The number of hydrogen-bond acceptors (Lipinski definition) is 4. The monoisotopic (exact) mass is 372 g/mol. The van der Waals surface area contributed by atoms with E-state index in [1.54, 1.807) is 0 Å². The third kappa shape index (κ3) is 3.87. The molecule has 2 fully saturated rings. The molecule has 0 aliphatic carbocycles. The van der Waals surface area contributed by atoms with Crippen LogP contribution in [0, 0.1) is 6.92 Å². The fraction of sp³-hybridized carbons (Fsp3) is 0.714. The zero-order valence-electron chi connectivity index (χ0n) is 18.4. The molecule has 0 aromatic heterocycles. The van der Waals surface area contributed by atoms with Crippen LogP contribution in [-0.4, -0.2) is 36.6 Å². The van der Waals surface area contributed by atoms with Gasteiger partial charge in [-0.15, -0.1) is 0 Å². The number of benzene rings is 1. The van der Waals surface area contributed by atoms with E-state index in [0.29, 0.717) is 6.32 Å². The molecule has 1 unspecified atom stereocenters. The third-order valence-corrected chi connectivity index (χ3v) is 6.85. The third-order valence-electron chi connectivity index (χ3n) is 6.85. The SMILES string of the molecule is Cc1ccc(C(CB2OC(C)(C)C(C)(C)O2)B2OC(C)(C)C(C)(C)O2)cc1. The van der Waals surface area contributed by atoms with Crippen LogP contribution in [0.5, 0.6) is 0 Å². The van der Waals surface area contributed by atoms with Gasteiger partial charge in [-0.2, -0.15) is 0 Å². The predicted octanol–water partition coefficient (Wildman–Crippen LogP) is 4.80. The molecule has 148 valence electrons. The van der Waals surface area contributed by atoms with Crippen LogP contribution in [0.15, 0.2) is 24.3 Å². The molecule has 0 saturated carbocycles. The maximum atomic E-state index is 6.39. The molecule has 2 saturated heterocycles. The summed E-state index contributed by atoms with van der Waals surface area (Å²) < 4.78 is 25.3. The molecule has 2 aliphatic heterocycles. The lowest BCUT2D eigenvalue weighted by atomic mass is 9.58.